The quantitative estimate of drug-likeness (QED) is 0.611. The minimum atomic E-state index is -3.67. The summed E-state index contributed by atoms with van der Waals surface area (Å²) >= 11 is 6.08. The maximum atomic E-state index is 13.2. The number of para-hydroxylation sites is 1. The number of nitrogens with zero attached hydrogens (tertiary/aromatic N) is 3. The van der Waals surface area contributed by atoms with E-state index in [1.807, 2.05) is 6.92 Å². The fourth-order valence-electron chi connectivity index (χ4n) is 3.95. The zero-order valence-corrected chi connectivity index (χ0v) is 19.1. The number of fused-ring (bicyclic) bond motifs is 1. The number of sulfonamides is 1. The van der Waals surface area contributed by atoms with Gasteiger partial charge in [0.25, 0.3) is 0 Å². The lowest BCUT2D eigenvalue weighted by Gasteiger charge is -2.32. The number of halogens is 1. The van der Waals surface area contributed by atoms with E-state index in [-0.39, 0.29) is 17.5 Å². The van der Waals surface area contributed by atoms with Crippen LogP contribution in [-0.4, -0.2) is 40.8 Å². The van der Waals surface area contributed by atoms with E-state index >= 15 is 0 Å². The van der Waals surface area contributed by atoms with E-state index in [9.17, 15) is 18.0 Å². The molecule has 3 aromatic rings. The van der Waals surface area contributed by atoms with Crippen LogP contribution in [0, 0.1) is 0 Å². The van der Waals surface area contributed by atoms with Crippen molar-refractivity contribution in [1.82, 2.24) is 13.9 Å². The van der Waals surface area contributed by atoms with Crippen LogP contribution in [0.1, 0.15) is 26.2 Å². The molecule has 0 spiro atoms. The lowest BCUT2D eigenvalue weighted by molar-refractivity contribution is -0.116. The van der Waals surface area contributed by atoms with Crippen molar-refractivity contribution >= 4 is 44.1 Å². The Morgan fingerprint density at radius 3 is 2.75 bits per heavy atom. The number of aromatic nitrogens is 2. The average molecular weight is 475 g/mol. The van der Waals surface area contributed by atoms with Gasteiger partial charge < -0.3 is 5.32 Å². The summed E-state index contributed by atoms with van der Waals surface area (Å²) in [4.78, 5) is 28.9. The molecule has 0 radical (unpaired) electrons. The van der Waals surface area contributed by atoms with E-state index in [2.05, 4.69) is 10.3 Å². The van der Waals surface area contributed by atoms with Crippen molar-refractivity contribution in [2.45, 2.75) is 43.7 Å². The van der Waals surface area contributed by atoms with Gasteiger partial charge in [0.05, 0.1) is 21.1 Å². The smallest absolute Gasteiger partial charge is 0.323 e. The second-order valence-corrected chi connectivity index (χ2v) is 10.1. The molecule has 168 valence electrons. The van der Waals surface area contributed by atoms with Crippen molar-refractivity contribution in [3.8, 4) is 0 Å². The molecule has 1 aliphatic rings. The molecule has 0 saturated carbocycles. The third kappa shape index (κ3) is 4.41. The summed E-state index contributed by atoms with van der Waals surface area (Å²) in [6.45, 7) is 2.11. The average Bonchev–Trinajstić information content (AvgIpc) is 2.77. The lowest BCUT2D eigenvalue weighted by Crippen LogP contribution is -2.41. The Balaban J connectivity index is 1.65. The highest BCUT2D eigenvalue weighted by Gasteiger charge is 2.31. The van der Waals surface area contributed by atoms with E-state index in [1.165, 1.54) is 27.2 Å². The van der Waals surface area contributed by atoms with E-state index < -0.39 is 21.6 Å². The summed E-state index contributed by atoms with van der Waals surface area (Å²) in [5.41, 5.74) is 0.251. The molecule has 4 rings (SSSR count). The van der Waals surface area contributed by atoms with Gasteiger partial charge in [0.1, 0.15) is 6.54 Å². The highest BCUT2D eigenvalue weighted by molar-refractivity contribution is 7.89. The Hall–Kier alpha value is -2.75. The number of rotatable bonds is 5. The van der Waals surface area contributed by atoms with Gasteiger partial charge in [0, 0.05) is 24.2 Å². The molecular weight excluding hydrogens is 452 g/mol. The van der Waals surface area contributed by atoms with E-state index in [0.717, 1.165) is 19.3 Å². The minimum absolute atomic E-state index is 0.0648. The second-order valence-electron chi connectivity index (χ2n) is 7.84. The van der Waals surface area contributed by atoms with Gasteiger partial charge in [0.2, 0.25) is 15.9 Å². The molecule has 2 aromatic carbocycles. The zero-order valence-electron chi connectivity index (χ0n) is 17.5. The first-order chi connectivity index (χ1) is 15.3. The molecule has 1 N–H and O–H groups in total. The molecule has 1 aromatic heterocycles. The summed E-state index contributed by atoms with van der Waals surface area (Å²) in [5, 5.41) is 3.51. The predicted molar refractivity (Wildman–Crippen MR) is 123 cm³/mol. The number of carbonyl (C=O) groups is 1. The number of anilines is 1. The predicted octanol–water partition coefficient (Wildman–Crippen LogP) is 3.25. The molecule has 32 heavy (non-hydrogen) atoms. The summed E-state index contributed by atoms with van der Waals surface area (Å²) < 4.78 is 29.1. The third-order valence-electron chi connectivity index (χ3n) is 5.63. The van der Waals surface area contributed by atoms with Crippen LogP contribution >= 0.6 is 11.6 Å². The zero-order chi connectivity index (χ0) is 22.9. The van der Waals surface area contributed by atoms with Gasteiger partial charge in [-0.3, -0.25) is 9.36 Å². The molecule has 1 amide bonds. The summed E-state index contributed by atoms with van der Waals surface area (Å²) in [6, 6.07) is 11.2. The maximum Gasteiger partial charge on any atom is 0.348 e. The first-order valence-electron chi connectivity index (χ1n) is 10.3. The van der Waals surface area contributed by atoms with E-state index in [4.69, 9.17) is 11.6 Å². The standard InChI is InChI=1S/C22H23ClN4O4S/c1-15-6-4-5-11-27(15)32(30,31)17-9-10-20-16(12-17)13-24-22(29)26(20)14-21(28)25-19-8-3-2-7-18(19)23/h2-3,7-10,12-13,15H,4-6,11,14H2,1H3,(H,25,28)/t15-/m1/s1. The van der Waals surface area contributed by atoms with Gasteiger partial charge in [-0.15, -0.1) is 0 Å². The number of nitrogens with one attached hydrogen (secondary N) is 1. The van der Waals surface area contributed by atoms with Gasteiger partial charge in [-0.2, -0.15) is 4.31 Å². The van der Waals surface area contributed by atoms with Crippen LogP contribution in [-0.2, 0) is 21.4 Å². The first kappa shape index (κ1) is 22.4. The number of hydrogen-bond donors (Lipinski definition) is 1. The Labute approximate surface area is 190 Å². The van der Waals surface area contributed by atoms with Crippen molar-refractivity contribution in [3.05, 3.63) is 64.2 Å². The van der Waals surface area contributed by atoms with E-state index in [0.29, 0.717) is 28.2 Å². The molecule has 1 fully saturated rings. The molecule has 1 aliphatic heterocycles. The van der Waals surface area contributed by atoms with Crippen molar-refractivity contribution in [3.63, 3.8) is 0 Å². The van der Waals surface area contributed by atoms with Crippen molar-refractivity contribution in [2.24, 2.45) is 0 Å². The minimum Gasteiger partial charge on any atom is -0.323 e. The molecule has 0 bridgehead atoms. The second kappa shape index (κ2) is 9.01. The van der Waals surface area contributed by atoms with Crippen molar-refractivity contribution < 1.29 is 13.2 Å². The van der Waals surface area contributed by atoms with Crippen LogP contribution in [0.15, 0.2) is 58.4 Å². The normalized spacial score (nSPS) is 17.4. The lowest BCUT2D eigenvalue weighted by atomic mass is 10.1. The Kier molecular flexibility index (Phi) is 6.32. The molecule has 10 heteroatoms. The van der Waals surface area contributed by atoms with Crippen molar-refractivity contribution in [1.29, 1.82) is 0 Å². The number of hydrogen-bond acceptors (Lipinski definition) is 5. The van der Waals surface area contributed by atoms with Gasteiger partial charge in [0.15, 0.2) is 0 Å². The molecule has 1 atom stereocenters. The van der Waals surface area contributed by atoms with Crippen molar-refractivity contribution in [2.75, 3.05) is 11.9 Å². The Morgan fingerprint density at radius 2 is 2.00 bits per heavy atom. The molecule has 1 saturated heterocycles. The van der Waals surface area contributed by atoms with Gasteiger partial charge >= 0.3 is 5.69 Å². The molecular formula is C22H23ClN4O4S. The Bertz CT molecular complexity index is 1340. The monoisotopic (exact) mass is 474 g/mol. The van der Waals surface area contributed by atoms with Crippen LogP contribution in [0.3, 0.4) is 0 Å². The summed E-state index contributed by atoms with van der Waals surface area (Å²) in [7, 11) is -3.67. The van der Waals surface area contributed by atoms with Gasteiger partial charge in [-0.25, -0.2) is 18.2 Å². The Morgan fingerprint density at radius 1 is 1.22 bits per heavy atom. The van der Waals surface area contributed by atoms with Crippen LogP contribution in [0.25, 0.3) is 10.9 Å². The largest absolute Gasteiger partial charge is 0.348 e. The van der Waals surface area contributed by atoms with Crippen LogP contribution in [0.2, 0.25) is 5.02 Å². The number of benzene rings is 2. The SMILES string of the molecule is C[C@@H]1CCCCN1S(=O)(=O)c1ccc2c(cnc(=O)n2CC(=O)Nc2ccccc2Cl)c1. The highest BCUT2D eigenvalue weighted by Crippen LogP contribution is 2.27. The first-order valence-corrected chi connectivity index (χ1v) is 12.1. The third-order valence-corrected chi connectivity index (χ3v) is 7.97. The molecule has 2 heterocycles. The number of amides is 1. The number of carbonyl (C=O) groups excluding carboxylic acids is 1. The summed E-state index contributed by atoms with van der Waals surface area (Å²) in [6.07, 6.45) is 4.00. The van der Waals surface area contributed by atoms with Gasteiger partial charge in [-0.05, 0) is 50.1 Å². The van der Waals surface area contributed by atoms with Gasteiger partial charge in [-0.1, -0.05) is 30.2 Å². The molecule has 0 aliphatic carbocycles. The summed E-state index contributed by atoms with van der Waals surface area (Å²) in [5.74, 6) is -0.451. The van der Waals surface area contributed by atoms with Crippen LogP contribution < -0.4 is 11.0 Å². The fourth-order valence-corrected chi connectivity index (χ4v) is 5.87. The van der Waals surface area contributed by atoms with Crippen LogP contribution in [0.4, 0.5) is 5.69 Å². The highest BCUT2D eigenvalue weighted by atomic mass is 35.5. The molecule has 0 unspecified atom stereocenters. The fraction of sp³-hybridized carbons (Fsp3) is 0.318. The number of piperidine rings is 1. The van der Waals surface area contributed by atoms with E-state index in [1.54, 1.807) is 30.3 Å². The van der Waals surface area contributed by atoms with Crippen LogP contribution in [0.5, 0.6) is 0 Å². The topological polar surface area (TPSA) is 101 Å². The molecule has 8 nitrogen and oxygen atoms in total. The maximum absolute atomic E-state index is 13.2.